The average Bonchev–Trinajstić information content (AvgIpc) is 2.59. The van der Waals surface area contributed by atoms with Gasteiger partial charge in [-0.1, -0.05) is 92.7 Å². The highest BCUT2D eigenvalue weighted by atomic mass is 32.1. The average molecular weight is 426 g/mol. The topological polar surface area (TPSA) is 49.3 Å². The van der Waals surface area contributed by atoms with Gasteiger partial charge in [0.1, 0.15) is 5.75 Å². The lowest BCUT2D eigenvalue weighted by atomic mass is 9.78. The Morgan fingerprint density at radius 1 is 0.867 bits per heavy atom. The molecule has 0 bridgehead atoms. The van der Waals surface area contributed by atoms with Crippen molar-refractivity contribution in [2.45, 2.75) is 73.1 Å². The lowest BCUT2D eigenvalue weighted by Crippen LogP contribution is -2.28. The standard InChI is InChI=1S/C26H35NO2S/c1-24(2,3)18-14-16(15-19(21(18)28)25(4,5)6)22(30)17-12-10-11-13-20(17)27-23(29)26(7,8)9/h10-15,28H,1-9H3,(H,27,29). The Kier molecular flexibility index (Phi) is 6.54. The van der Waals surface area contributed by atoms with Crippen molar-refractivity contribution in [3.05, 3.63) is 58.7 Å². The van der Waals surface area contributed by atoms with Gasteiger partial charge >= 0.3 is 0 Å². The number of aromatic hydroxyl groups is 1. The van der Waals surface area contributed by atoms with E-state index >= 15 is 0 Å². The molecule has 162 valence electrons. The summed E-state index contributed by atoms with van der Waals surface area (Å²) in [6.45, 7) is 18.1. The Balaban J connectivity index is 2.64. The molecule has 0 aliphatic carbocycles. The van der Waals surface area contributed by atoms with Crippen LogP contribution in [0.1, 0.15) is 84.6 Å². The third-order valence-electron chi connectivity index (χ3n) is 5.09. The number of carbonyl (C=O) groups is 1. The fourth-order valence-electron chi connectivity index (χ4n) is 3.16. The van der Waals surface area contributed by atoms with Gasteiger partial charge in [0.2, 0.25) is 5.91 Å². The van der Waals surface area contributed by atoms with Gasteiger partial charge in [0, 0.05) is 27.8 Å². The van der Waals surface area contributed by atoms with E-state index in [1.807, 2.05) is 57.2 Å². The SMILES string of the molecule is CC(C)(C)C(=O)Nc1ccccc1C(=S)c1cc(C(C)(C)C)c(O)c(C(C)(C)C)c1. The fraction of sp³-hybridized carbons (Fsp3) is 0.462. The van der Waals surface area contributed by atoms with Crippen molar-refractivity contribution >= 4 is 28.7 Å². The molecule has 0 spiro atoms. The monoisotopic (exact) mass is 425 g/mol. The van der Waals surface area contributed by atoms with Crippen molar-refractivity contribution in [1.82, 2.24) is 0 Å². The second kappa shape index (κ2) is 8.14. The highest BCUT2D eigenvalue weighted by Crippen LogP contribution is 2.40. The van der Waals surface area contributed by atoms with Crippen molar-refractivity contribution in [3.63, 3.8) is 0 Å². The number of benzene rings is 2. The number of para-hydroxylation sites is 1. The van der Waals surface area contributed by atoms with Gasteiger partial charge in [0.15, 0.2) is 0 Å². The lowest BCUT2D eigenvalue weighted by Gasteiger charge is -2.28. The van der Waals surface area contributed by atoms with Crippen LogP contribution in [-0.2, 0) is 15.6 Å². The van der Waals surface area contributed by atoms with Crippen LogP contribution in [0, 0.1) is 5.41 Å². The number of hydrogen-bond donors (Lipinski definition) is 2. The molecule has 1 amide bonds. The van der Waals surface area contributed by atoms with Crippen molar-refractivity contribution in [3.8, 4) is 5.75 Å². The molecule has 3 nitrogen and oxygen atoms in total. The number of hydrogen-bond acceptors (Lipinski definition) is 3. The Morgan fingerprint density at radius 3 is 1.77 bits per heavy atom. The molecule has 0 radical (unpaired) electrons. The summed E-state index contributed by atoms with van der Waals surface area (Å²) in [7, 11) is 0. The van der Waals surface area contributed by atoms with Crippen molar-refractivity contribution in [2.24, 2.45) is 5.41 Å². The molecule has 0 aliphatic rings. The first-order valence-corrected chi connectivity index (χ1v) is 10.8. The first-order chi connectivity index (χ1) is 13.5. The van der Waals surface area contributed by atoms with Crippen LogP contribution in [0.3, 0.4) is 0 Å². The highest BCUT2D eigenvalue weighted by Gasteiger charge is 2.28. The van der Waals surface area contributed by atoms with E-state index in [4.69, 9.17) is 12.2 Å². The maximum atomic E-state index is 12.6. The summed E-state index contributed by atoms with van der Waals surface area (Å²) in [5.74, 6) is 0.269. The Bertz CT molecular complexity index is 935. The summed E-state index contributed by atoms with van der Waals surface area (Å²) < 4.78 is 0. The molecule has 4 heteroatoms. The van der Waals surface area contributed by atoms with Crippen molar-refractivity contribution in [2.75, 3.05) is 5.32 Å². The number of amides is 1. The van der Waals surface area contributed by atoms with Gasteiger partial charge in [-0.25, -0.2) is 0 Å². The first-order valence-electron chi connectivity index (χ1n) is 10.4. The van der Waals surface area contributed by atoms with Crippen LogP contribution in [0.2, 0.25) is 0 Å². The molecule has 2 aromatic rings. The maximum absolute atomic E-state index is 12.6. The summed E-state index contributed by atoms with van der Waals surface area (Å²) in [5, 5.41) is 14.0. The third-order valence-corrected chi connectivity index (χ3v) is 5.54. The van der Waals surface area contributed by atoms with Crippen LogP contribution in [-0.4, -0.2) is 15.9 Å². The molecule has 0 aliphatic heterocycles. The van der Waals surface area contributed by atoms with Crippen molar-refractivity contribution < 1.29 is 9.90 Å². The van der Waals surface area contributed by atoms with E-state index in [0.29, 0.717) is 16.3 Å². The number of nitrogens with one attached hydrogen (secondary N) is 1. The van der Waals surface area contributed by atoms with Crippen LogP contribution in [0.25, 0.3) is 0 Å². The zero-order valence-electron chi connectivity index (χ0n) is 19.7. The summed E-state index contributed by atoms with van der Waals surface area (Å²) in [6, 6.07) is 11.6. The number of anilines is 1. The molecule has 0 fully saturated rings. The largest absolute Gasteiger partial charge is 0.507 e. The van der Waals surface area contributed by atoms with Gasteiger partial charge in [-0.15, -0.1) is 0 Å². The predicted octanol–water partition coefficient (Wildman–Crippen LogP) is 6.74. The number of phenols is 1. The van der Waals surface area contributed by atoms with Crippen LogP contribution in [0.4, 0.5) is 5.69 Å². The fourth-order valence-corrected chi connectivity index (χ4v) is 3.46. The van der Waals surface area contributed by atoms with Crippen molar-refractivity contribution in [1.29, 1.82) is 0 Å². The van der Waals surface area contributed by atoms with Gasteiger partial charge in [-0.3, -0.25) is 4.79 Å². The molecule has 0 saturated heterocycles. The predicted molar refractivity (Wildman–Crippen MR) is 131 cm³/mol. The Morgan fingerprint density at radius 2 is 1.33 bits per heavy atom. The normalized spacial score (nSPS) is 12.6. The minimum absolute atomic E-state index is 0.0609. The molecule has 0 unspecified atom stereocenters. The van der Waals surface area contributed by atoms with E-state index in [0.717, 1.165) is 22.3 Å². The Labute approximate surface area is 186 Å². The van der Waals surface area contributed by atoms with Gasteiger partial charge < -0.3 is 10.4 Å². The van der Waals surface area contributed by atoms with Gasteiger partial charge in [0.25, 0.3) is 0 Å². The van der Waals surface area contributed by atoms with Crippen LogP contribution >= 0.6 is 12.2 Å². The lowest BCUT2D eigenvalue weighted by molar-refractivity contribution is -0.123. The number of rotatable bonds is 3. The van der Waals surface area contributed by atoms with E-state index in [9.17, 15) is 9.90 Å². The van der Waals surface area contributed by atoms with Gasteiger partial charge in [0.05, 0.1) is 4.86 Å². The minimum atomic E-state index is -0.508. The van der Waals surface area contributed by atoms with Crippen LogP contribution < -0.4 is 5.32 Å². The molecular weight excluding hydrogens is 390 g/mol. The molecule has 2 aromatic carbocycles. The molecular formula is C26H35NO2S. The van der Waals surface area contributed by atoms with Gasteiger partial charge in [-0.2, -0.15) is 0 Å². The third kappa shape index (κ3) is 5.28. The Hall–Kier alpha value is -2.20. The number of thiocarbonyl (C=S) groups is 1. The zero-order chi connectivity index (χ0) is 23.1. The van der Waals surface area contributed by atoms with Crippen LogP contribution in [0.15, 0.2) is 36.4 Å². The first kappa shape index (κ1) is 24.1. The maximum Gasteiger partial charge on any atom is 0.229 e. The van der Waals surface area contributed by atoms with Gasteiger partial charge in [-0.05, 0) is 34.6 Å². The van der Waals surface area contributed by atoms with E-state index in [1.54, 1.807) is 0 Å². The summed E-state index contributed by atoms with van der Waals surface area (Å²) in [5.41, 5.74) is 3.11. The molecule has 0 heterocycles. The quantitative estimate of drug-likeness (QED) is 0.423. The molecule has 0 saturated carbocycles. The minimum Gasteiger partial charge on any atom is -0.507 e. The second-order valence-electron chi connectivity index (χ2n) is 11.0. The highest BCUT2D eigenvalue weighted by molar-refractivity contribution is 7.81. The smallest absolute Gasteiger partial charge is 0.229 e. The summed E-state index contributed by atoms with van der Waals surface area (Å²) >= 11 is 5.90. The molecule has 2 rings (SSSR count). The summed E-state index contributed by atoms with van der Waals surface area (Å²) in [6.07, 6.45) is 0. The number of carbonyl (C=O) groups excluding carboxylic acids is 1. The summed E-state index contributed by atoms with van der Waals surface area (Å²) in [4.78, 5) is 13.2. The molecule has 0 atom stereocenters. The zero-order valence-corrected chi connectivity index (χ0v) is 20.5. The number of phenolic OH excluding ortho intramolecular Hbond substituents is 1. The molecule has 30 heavy (non-hydrogen) atoms. The second-order valence-corrected chi connectivity index (χ2v) is 11.4. The van der Waals surface area contributed by atoms with E-state index in [-0.39, 0.29) is 16.7 Å². The molecule has 0 aromatic heterocycles. The van der Waals surface area contributed by atoms with Crippen LogP contribution in [0.5, 0.6) is 5.75 Å². The van der Waals surface area contributed by atoms with E-state index < -0.39 is 5.41 Å². The van der Waals surface area contributed by atoms with E-state index in [2.05, 4.69) is 46.9 Å². The molecule has 2 N–H and O–H groups in total. The van der Waals surface area contributed by atoms with E-state index in [1.165, 1.54) is 0 Å².